The zero-order chi connectivity index (χ0) is 13.1. The maximum Gasteiger partial charge on any atom is 0.339 e. The summed E-state index contributed by atoms with van der Waals surface area (Å²) >= 11 is 0. The van der Waals surface area contributed by atoms with Crippen LogP contribution < -0.4 is 4.74 Å². The van der Waals surface area contributed by atoms with Gasteiger partial charge in [-0.1, -0.05) is 0 Å². The number of carboxylic acid groups (broad SMARTS) is 1. The number of rotatable bonds is 4. The molecule has 0 atom stereocenters. The van der Waals surface area contributed by atoms with Crippen molar-refractivity contribution >= 4 is 5.97 Å². The largest absolute Gasteiger partial charge is 0.478 e. The minimum absolute atomic E-state index is 0.0470. The molecule has 2 heterocycles. The van der Waals surface area contributed by atoms with E-state index in [9.17, 15) is 9.18 Å². The number of ether oxygens (including phenoxy) is 1. The van der Waals surface area contributed by atoms with Crippen LogP contribution in [0.5, 0.6) is 5.88 Å². The van der Waals surface area contributed by atoms with E-state index in [1.54, 1.807) is 7.05 Å². The third-order valence-corrected chi connectivity index (χ3v) is 2.35. The molecule has 0 fully saturated rings. The van der Waals surface area contributed by atoms with Gasteiger partial charge in [-0.25, -0.2) is 14.2 Å². The van der Waals surface area contributed by atoms with Gasteiger partial charge >= 0.3 is 5.97 Å². The van der Waals surface area contributed by atoms with Crippen LogP contribution in [0, 0.1) is 5.82 Å². The quantitative estimate of drug-likeness (QED) is 0.884. The Balaban J connectivity index is 2.15. The van der Waals surface area contributed by atoms with Crippen LogP contribution in [0.4, 0.5) is 4.39 Å². The second kappa shape index (κ2) is 4.82. The zero-order valence-electron chi connectivity index (χ0n) is 9.50. The molecule has 0 aliphatic carbocycles. The van der Waals surface area contributed by atoms with Gasteiger partial charge < -0.3 is 9.84 Å². The van der Waals surface area contributed by atoms with E-state index in [-0.39, 0.29) is 18.1 Å². The average molecular weight is 251 g/mol. The van der Waals surface area contributed by atoms with E-state index in [1.165, 1.54) is 23.1 Å². The Morgan fingerprint density at radius 1 is 1.61 bits per heavy atom. The van der Waals surface area contributed by atoms with Crippen LogP contribution in [0.3, 0.4) is 0 Å². The van der Waals surface area contributed by atoms with Crippen molar-refractivity contribution in [1.82, 2.24) is 14.8 Å². The molecule has 0 unspecified atom stereocenters. The third-order valence-electron chi connectivity index (χ3n) is 2.35. The van der Waals surface area contributed by atoms with Crippen LogP contribution in [-0.2, 0) is 13.7 Å². The monoisotopic (exact) mass is 251 g/mol. The molecule has 0 spiro atoms. The highest BCUT2D eigenvalue weighted by molar-refractivity contribution is 5.88. The van der Waals surface area contributed by atoms with Gasteiger partial charge in [-0.2, -0.15) is 5.10 Å². The molecule has 7 heteroatoms. The molecule has 0 aliphatic heterocycles. The molecule has 0 saturated heterocycles. The lowest BCUT2D eigenvalue weighted by Crippen LogP contribution is -2.09. The fourth-order valence-electron chi connectivity index (χ4n) is 1.42. The molecule has 18 heavy (non-hydrogen) atoms. The van der Waals surface area contributed by atoms with Gasteiger partial charge in [-0.05, 0) is 6.07 Å². The summed E-state index contributed by atoms with van der Waals surface area (Å²) in [6, 6.07) is 2.32. The fraction of sp³-hybridized carbons (Fsp3) is 0.182. The number of aromatic nitrogens is 3. The number of hydrogen-bond acceptors (Lipinski definition) is 4. The lowest BCUT2D eigenvalue weighted by atomic mass is 10.2. The van der Waals surface area contributed by atoms with Gasteiger partial charge in [0.1, 0.15) is 18.0 Å². The standard InChI is InChI=1S/C11H10FN3O3/c1-15-9(8(5-14-15)11(16)17)6-18-10-4-7(12)2-3-13-10/h2-5H,6H2,1H3,(H,16,17). The van der Waals surface area contributed by atoms with E-state index < -0.39 is 11.8 Å². The molecule has 0 aliphatic rings. The Kier molecular flexibility index (Phi) is 3.22. The maximum atomic E-state index is 12.9. The van der Waals surface area contributed by atoms with E-state index in [0.29, 0.717) is 5.69 Å². The van der Waals surface area contributed by atoms with Gasteiger partial charge in [0.05, 0.1) is 11.9 Å². The number of hydrogen-bond donors (Lipinski definition) is 1. The lowest BCUT2D eigenvalue weighted by molar-refractivity contribution is 0.0693. The molecule has 0 radical (unpaired) electrons. The van der Waals surface area contributed by atoms with Crippen LogP contribution >= 0.6 is 0 Å². The topological polar surface area (TPSA) is 77.2 Å². The first kappa shape index (κ1) is 12.0. The van der Waals surface area contributed by atoms with Crippen molar-refractivity contribution in [1.29, 1.82) is 0 Å². The summed E-state index contributed by atoms with van der Waals surface area (Å²) in [7, 11) is 1.60. The predicted octanol–water partition coefficient (Wildman–Crippen LogP) is 1.23. The normalized spacial score (nSPS) is 10.3. The van der Waals surface area contributed by atoms with Crippen molar-refractivity contribution in [2.45, 2.75) is 6.61 Å². The zero-order valence-corrected chi connectivity index (χ0v) is 9.50. The fourth-order valence-corrected chi connectivity index (χ4v) is 1.42. The number of aromatic carboxylic acids is 1. The SMILES string of the molecule is Cn1ncc(C(=O)O)c1COc1cc(F)ccn1. The van der Waals surface area contributed by atoms with Gasteiger partial charge in [-0.3, -0.25) is 4.68 Å². The van der Waals surface area contributed by atoms with Crippen molar-refractivity contribution < 1.29 is 19.0 Å². The van der Waals surface area contributed by atoms with Gasteiger partial charge in [0.15, 0.2) is 0 Å². The summed E-state index contributed by atoms with van der Waals surface area (Å²) in [4.78, 5) is 14.7. The molecule has 94 valence electrons. The molecular formula is C11H10FN3O3. The predicted molar refractivity (Wildman–Crippen MR) is 58.7 cm³/mol. The molecule has 0 aromatic carbocycles. The molecule has 6 nitrogen and oxygen atoms in total. The van der Waals surface area contributed by atoms with E-state index in [1.807, 2.05) is 0 Å². The van der Waals surface area contributed by atoms with E-state index in [4.69, 9.17) is 9.84 Å². The summed E-state index contributed by atoms with van der Waals surface area (Å²) in [5.41, 5.74) is 0.433. The molecule has 2 aromatic heterocycles. The summed E-state index contributed by atoms with van der Waals surface area (Å²) in [6.07, 6.45) is 2.51. The van der Waals surface area contributed by atoms with Crippen molar-refractivity contribution in [3.63, 3.8) is 0 Å². The number of halogens is 1. The summed E-state index contributed by atoms with van der Waals surface area (Å²) in [5.74, 6) is -1.47. The van der Waals surface area contributed by atoms with Crippen LogP contribution in [0.25, 0.3) is 0 Å². The minimum atomic E-state index is -1.09. The highest BCUT2D eigenvalue weighted by atomic mass is 19.1. The first-order valence-corrected chi connectivity index (χ1v) is 5.06. The van der Waals surface area contributed by atoms with E-state index >= 15 is 0 Å². The molecule has 2 aromatic rings. The van der Waals surface area contributed by atoms with Gasteiger partial charge in [0.25, 0.3) is 0 Å². The highest BCUT2D eigenvalue weighted by Crippen LogP contribution is 2.13. The summed E-state index contributed by atoms with van der Waals surface area (Å²) in [6.45, 7) is -0.0470. The van der Waals surface area contributed by atoms with Gasteiger partial charge in [0, 0.05) is 19.3 Å². The van der Waals surface area contributed by atoms with E-state index in [2.05, 4.69) is 10.1 Å². The maximum absolute atomic E-state index is 12.9. The Bertz CT molecular complexity index is 583. The highest BCUT2D eigenvalue weighted by Gasteiger charge is 2.15. The minimum Gasteiger partial charge on any atom is -0.478 e. The van der Waals surface area contributed by atoms with Crippen molar-refractivity contribution in [3.8, 4) is 5.88 Å². The van der Waals surface area contributed by atoms with Crippen molar-refractivity contribution in [2.24, 2.45) is 7.05 Å². The molecule has 2 rings (SSSR count). The number of carbonyl (C=O) groups is 1. The molecule has 0 amide bonds. The number of carboxylic acids is 1. The smallest absolute Gasteiger partial charge is 0.339 e. The summed E-state index contributed by atoms with van der Waals surface area (Å²) in [5, 5.41) is 12.8. The van der Waals surface area contributed by atoms with Crippen molar-refractivity contribution in [2.75, 3.05) is 0 Å². The number of pyridine rings is 1. The van der Waals surface area contributed by atoms with E-state index in [0.717, 1.165) is 6.07 Å². The first-order valence-electron chi connectivity index (χ1n) is 5.06. The second-order valence-corrected chi connectivity index (χ2v) is 3.53. The van der Waals surface area contributed by atoms with Crippen molar-refractivity contribution in [3.05, 3.63) is 41.6 Å². The van der Waals surface area contributed by atoms with Crippen LogP contribution in [0.15, 0.2) is 24.5 Å². The van der Waals surface area contributed by atoms with Crippen LogP contribution in [0.2, 0.25) is 0 Å². The lowest BCUT2D eigenvalue weighted by Gasteiger charge is -2.06. The average Bonchev–Trinajstić information content (AvgIpc) is 2.68. The molecular weight excluding hydrogens is 241 g/mol. The summed E-state index contributed by atoms with van der Waals surface area (Å²) < 4.78 is 19.5. The van der Waals surface area contributed by atoms with Gasteiger partial charge in [0.2, 0.25) is 5.88 Å². The van der Waals surface area contributed by atoms with Gasteiger partial charge in [-0.15, -0.1) is 0 Å². The molecule has 0 saturated carbocycles. The Labute approximate surface area is 102 Å². The Morgan fingerprint density at radius 3 is 3.06 bits per heavy atom. The molecule has 0 bridgehead atoms. The Hall–Kier alpha value is -2.44. The Morgan fingerprint density at radius 2 is 2.39 bits per heavy atom. The second-order valence-electron chi connectivity index (χ2n) is 3.53. The third kappa shape index (κ3) is 2.45. The number of aryl methyl sites for hydroxylation is 1. The first-order chi connectivity index (χ1) is 8.58. The van der Waals surface area contributed by atoms with Crippen LogP contribution in [0.1, 0.15) is 16.1 Å². The van der Waals surface area contributed by atoms with Crippen LogP contribution in [-0.4, -0.2) is 25.8 Å². The number of nitrogens with zero attached hydrogens (tertiary/aromatic N) is 3. The molecule has 1 N–H and O–H groups in total.